The molecule has 2 heterocycles. The Bertz CT molecular complexity index is 1170. The highest BCUT2D eigenvalue weighted by Gasteiger charge is 2.33. The van der Waals surface area contributed by atoms with E-state index in [1.807, 2.05) is 17.0 Å². The zero-order valence-electron chi connectivity index (χ0n) is 20.3. The van der Waals surface area contributed by atoms with E-state index in [4.69, 9.17) is 4.74 Å². The van der Waals surface area contributed by atoms with Crippen LogP contribution < -0.4 is 10.1 Å². The molecule has 0 saturated carbocycles. The largest absolute Gasteiger partial charge is 0.496 e. The highest BCUT2D eigenvalue weighted by Crippen LogP contribution is 2.28. The lowest BCUT2D eigenvalue weighted by Crippen LogP contribution is -2.43. The summed E-state index contributed by atoms with van der Waals surface area (Å²) in [5, 5.41) is 2.91. The van der Waals surface area contributed by atoms with Gasteiger partial charge in [0, 0.05) is 31.9 Å². The Labute approximate surface area is 207 Å². The summed E-state index contributed by atoms with van der Waals surface area (Å²) in [6.07, 6.45) is 3.73. The van der Waals surface area contributed by atoms with Gasteiger partial charge in [0.05, 0.1) is 24.3 Å². The third-order valence-corrected chi connectivity index (χ3v) is 8.66. The Morgan fingerprint density at radius 3 is 2.40 bits per heavy atom. The van der Waals surface area contributed by atoms with Gasteiger partial charge in [-0.2, -0.15) is 4.31 Å². The van der Waals surface area contributed by atoms with Gasteiger partial charge in [-0.1, -0.05) is 12.1 Å². The van der Waals surface area contributed by atoms with Gasteiger partial charge in [-0.3, -0.25) is 9.59 Å². The summed E-state index contributed by atoms with van der Waals surface area (Å²) in [6, 6.07) is 12.1. The molecule has 2 amide bonds. The van der Waals surface area contributed by atoms with Crippen LogP contribution in [0.5, 0.6) is 5.75 Å². The average Bonchev–Trinajstić information content (AvgIpc) is 3.40. The van der Waals surface area contributed by atoms with Crippen LogP contribution in [0, 0.1) is 12.8 Å². The highest BCUT2D eigenvalue weighted by atomic mass is 32.2. The monoisotopic (exact) mass is 499 g/mol. The highest BCUT2D eigenvalue weighted by molar-refractivity contribution is 7.89. The molecule has 0 radical (unpaired) electrons. The fourth-order valence-electron chi connectivity index (χ4n) is 4.74. The second kappa shape index (κ2) is 10.8. The zero-order chi connectivity index (χ0) is 25.0. The van der Waals surface area contributed by atoms with Gasteiger partial charge in [-0.05, 0) is 74.1 Å². The molecule has 9 heteroatoms. The molecule has 2 aliphatic rings. The van der Waals surface area contributed by atoms with Gasteiger partial charge in [0.1, 0.15) is 5.75 Å². The van der Waals surface area contributed by atoms with Crippen molar-refractivity contribution in [3.63, 3.8) is 0 Å². The van der Waals surface area contributed by atoms with Crippen molar-refractivity contribution in [1.29, 1.82) is 0 Å². The maximum atomic E-state index is 13.2. The molecule has 2 aliphatic heterocycles. The molecule has 0 aromatic heterocycles. The van der Waals surface area contributed by atoms with Crippen LogP contribution in [0.15, 0.2) is 47.4 Å². The molecule has 2 aromatic carbocycles. The number of carbonyl (C=O) groups excluding carboxylic acids is 2. The number of ether oxygens (including phenoxy) is 1. The molecule has 0 spiro atoms. The Hall–Kier alpha value is -2.91. The minimum atomic E-state index is -3.71. The summed E-state index contributed by atoms with van der Waals surface area (Å²) in [7, 11) is -2.16. The van der Waals surface area contributed by atoms with Gasteiger partial charge < -0.3 is 15.0 Å². The molecule has 2 aromatic rings. The molecule has 0 unspecified atom stereocenters. The van der Waals surface area contributed by atoms with Gasteiger partial charge in [-0.15, -0.1) is 0 Å². The average molecular weight is 500 g/mol. The fraction of sp³-hybridized carbons (Fsp3) is 0.462. The molecule has 2 saturated heterocycles. The second-order valence-corrected chi connectivity index (χ2v) is 11.2. The Morgan fingerprint density at radius 2 is 1.74 bits per heavy atom. The molecule has 8 nitrogen and oxygen atoms in total. The summed E-state index contributed by atoms with van der Waals surface area (Å²) < 4.78 is 33.0. The van der Waals surface area contributed by atoms with E-state index in [9.17, 15) is 18.0 Å². The van der Waals surface area contributed by atoms with Crippen molar-refractivity contribution in [2.75, 3.05) is 38.6 Å². The predicted molar refractivity (Wildman–Crippen MR) is 134 cm³/mol. The summed E-state index contributed by atoms with van der Waals surface area (Å²) in [5.74, 6) is 0.132. The first kappa shape index (κ1) is 25.2. The molecule has 2 fully saturated rings. The van der Waals surface area contributed by atoms with E-state index in [1.165, 1.54) is 4.31 Å². The number of carbonyl (C=O) groups is 2. The predicted octanol–water partition coefficient (Wildman–Crippen LogP) is 3.21. The van der Waals surface area contributed by atoms with Crippen molar-refractivity contribution in [2.45, 2.75) is 43.9 Å². The van der Waals surface area contributed by atoms with Crippen LogP contribution in [-0.4, -0.2) is 62.7 Å². The van der Waals surface area contributed by atoms with Crippen molar-refractivity contribution in [2.24, 2.45) is 5.92 Å². The molecule has 35 heavy (non-hydrogen) atoms. The zero-order valence-corrected chi connectivity index (χ0v) is 21.1. The normalized spacial score (nSPS) is 18.9. The van der Waals surface area contributed by atoms with E-state index in [1.54, 1.807) is 44.4 Å². The number of amides is 2. The van der Waals surface area contributed by atoms with E-state index >= 15 is 0 Å². The number of aryl methyl sites for hydroxylation is 1. The van der Waals surface area contributed by atoms with Gasteiger partial charge in [0.2, 0.25) is 21.8 Å². The lowest BCUT2D eigenvalue weighted by atomic mass is 9.98. The third-order valence-electron chi connectivity index (χ3n) is 6.79. The molecule has 188 valence electrons. The smallest absolute Gasteiger partial charge is 0.243 e. The molecule has 4 rings (SSSR count). The lowest BCUT2D eigenvalue weighted by molar-refractivity contribution is -0.129. The molecule has 0 aliphatic carbocycles. The minimum Gasteiger partial charge on any atom is -0.496 e. The topological polar surface area (TPSA) is 96.0 Å². The third kappa shape index (κ3) is 5.85. The molecular formula is C26H33N3O5S. The first-order valence-corrected chi connectivity index (χ1v) is 13.5. The fourth-order valence-corrected chi connectivity index (χ4v) is 6.35. The van der Waals surface area contributed by atoms with Crippen LogP contribution in [0.4, 0.5) is 5.69 Å². The summed E-state index contributed by atoms with van der Waals surface area (Å²) >= 11 is 0. The maximum absolute atomic E-state index is 13.2. The van der Waals surface area contributed by atoms with E-state index < -0.39 is 15.9 Å². The summed E-state index contributed by atoms with van der Waals surface area (Å²) in [4.78, 5) is 27.4. The number of hydrogen-bond donors (Lipinski definition) is 1. The first-order chi connectivity index (χ1) is 16.8. The Morgan fingerprint density at radius 1 is 1.03 bits per heavy atom. The van der Waals surface area contributed by atoms with E-state index in [0.717, 1.165) is 37.1 Å². The van der Waals surface area contributed by atoms with E-state index in [0.29, 0.717) is 37.2 Å². The van der Waals surface area contributed by atoms with Crippen LogP contribution in [0.25, 0.3) is 0 Å². The SMILES string of the molecule is COc1ccc(S(=O)(=O)N2CCC[C@H](C(=O)Nc3ccc(CC(=O)N4CCCC4)cc3)C2)cc1C. The number of nitrogens with zero attached hydrogens (tertiary/aromatic N) is 2. The number of sulfonamides is 1. The standard InChI is InChI=1S/C26H33N3O5S/c1-19-16-23(11-12-24(19)34-2)35(32,33)29-15-5-6-21(18-29)26(31)27-22-9-7-20(8-10-22)17-25(30)28-13-3-4-14-28/h7-12,16,21H,3-6,13-15,17-18H2,1-2H3,(H,27,31)/t21-/m0/s1. The quantitative estimate of drug-likeness (QED) is 0.631. The van der Waals surface area contributed by atoms with Crippen LogP contribution in [0.3, 0.4) is 0 Å². The number of anilines is 1. The van der Waals surface area contributed by atoms with E-state index in [-0.39, 0.29) is 23.3 Å². The van der Waals surface area contributed by atoms with Crippen LogP contribution >= 0.6 is 0 Å². The summed E-state index contributed by atoms with van der Waals surface area (Å²) in [5.41, 5.74) is 2.29. The number of rotatable bonds is 7. The number of nitrogens with one attached hydrogen (secondary N) is 1. The van der Waals surface area contributed by atoms with E-state index in [2.05, 4.69) is 5.32 Å². The van der Waals surface area contributed by atoms with Gasteiger partial charge in [-0.25, -0.2) is 8.42 Å². The van der Waals surface area contributed by atoms with Gasteiger partial charge in [0.25, 0.3) is 0 Å². The van der Waals surface area contributed by atoms with Crippen LogP contribution in [-0.2, 0) is 26.0 Å². The first-order valence-electron chi connectivity index (χ1n) is 12.1. The minimum absolute atomic E-state index is 0.134. The lowest BCUT2D eigenvalue weighted by Gasteiger charge is -2.31. The number of benzene rings is 2. The maximum Gasteiger partial charge on any atom is 0.243 e. The van der Waals surface area contributed by atoms with Crippen molar-refractivity contribution < 1.29 is 22.7 Å². The van der Waals surface area contributed by atoms with Gasteiger partial charge in [0.15, 0.2) is 0 Å². The summed E-state index contributed by atoms with van der Waals surface area (Å²) in [6.45, 7) is 3.99. The molecule has 1 atom stereocenters. The number of methoxy groups -OCH3 is 1. The number of piperidine rings is 1. The van der Waals surface area contributed by atoms with Crippen molar-refractivity contribution in [1.82, 2.24) is 9.21 Å². The van der Waals surface area contributed by atoms with Crippen molar-refractivity contribution >= 4 is 27.5 Å². The molecule has 1 N–H and O–H groups in total. The van der Waals surface area contributed by atoms with Gasteiger partial charge >= 0.3 is 0 Å². The van der Waals surface area contributed by atoms with Crippen molar-refractivity contribution in [3.8, 4) is 5.75 Å². The molecule has 0 bridgehead atoms. The van der Waals surface area contributed by atoms with Crippen LogP contribution in [0.2, 0.25) is 0 Å². The Balaban J connectivity index is 1.36. The number of likely N-dealkylation sites (tertiary alicyclic amines) is 1. The van der Waals surface area contributed by atoms with Crippen LogP contribution in [0.1, 0.15) is 36.8 Å². The van der Waals surface area contributed by atoms with Crippen molar-refractivity contribution in [3.05, 3.63) is 53.6 Å². The number of hydrogen-bond acceptors (Lipinski definition) is 5. The second-order valence-electron chi connectivity index (χ2n) is 9.28. The molecular weight excluding hydrogens is 466 g/mol. The Kier molecular flexibility index (Phi) is 7.76.